The maximum Gasteiger partial charge on any atom is 0.176 e. The SMILES string of the molecule is Cc1c(CN)oc2c3c(ccc12)CC(C)(C)O3. The highest BCUT2D eigenvalue weighted by atomic mass is 16.5. The Morgan fingerprint density at radius 3 is 2.82 bits per heavy atom. The fraction of sp³-hybridized carbons (Fsp3) is 0.429. The van der Waals surface area contributed by atoms with Gasteiger partial charge >= 0.3 is 0 Å². The van der Waals surface area contributed by atoms with Crippen molar-refractivity contribution in [3.63, 3.8) is 0 Å². The van der Waals surface area contributed by atoms with Gasteiger partial charge in [0.05, 0.1) is 6.54 Å². The van der Waals surface area contributed by atoms with E-state index < -0.39 is 0 Å². The van der Waals surface area contributed by atoms with Crippen LogP contribution >= 0.6 is 0 Å². The van der Waals surface area contributed by atoms with Crippen LogP contribution in [0.1, 0.15) is 30.7 Å². The normalized spacial score (nSPS) is 17.2. The van der Waals surface area contributed by atoms with Crippen LogP contribution in [0.4, 0.5) is 0 Å². The molecule has 0 aliphatic carbocycles. The van der Waals surface area contributed by atoms with Crippen molar-refractivity contribution in [1.29, 1.82) is 0 Å². The Morgan fingerprint density at radius 1 is 1.35 bits per heavy atom. The number of benzene rings is 1. The van der Waals surface area contributed by atoms with Crippen molar-refractivity contribution in [2.45, 2.75) is 39.3 Å². The van der Waals surface area contributed by atoms with Gasteiger partial charge in [0, 0.05) is 17.4 Å². The molecule has 90 valence electrons. The van der Waals surface area contributed by atoms with Gasteiger partial charge in [-0.2, -0.15) is 0 Å². The van der Waals surface area contributed by atoms with Crippen LogP contribution in [0.5, 0.6) is 5.75 Å². The molecule has 2 heterocycles. The third-order valence-corrected chi connectivity index (χ3v) is 3.42. The average Bonchev–Trinajstić information content (AvgIpc) is 2.74. The number of ether oxygens (including phenoxy) is 1. The molecule has 0 unspecified atom stereocenters. The van der Waals surface area contributed by atoms with Gasteiger partial charge in [0.15, 0.2) is 11.3 Å². The van der Waals surface area contributed by atoms with Crippen LogP contribution in [0.2, 0.25) is 0 Å². The first-order valence-electron chi connectivity index (χ1n) is 5.95. The van der Waals surface area contributed by atoms with E-state index in [1.165, 1.54) is 5.56 Å². The van der Waals surface area contributed by atoms with E-state index in [-0.39, 0.29) is 5.60 Å². The fourth-order valence-electron chi connectivity index (χ4n) is 2.57. The summed E-state index contributed by atoms with van der Waals surface area (Å²) >= 11 is 0. The Bertz CT molecular complexity index is 596. The molecule has 1 aromatic carbocycles. The van der Waals surface area contributed by atoms with Crippen LogP contribution in [-0.2, 0) is 13.0 Å². The minimum Gasteiger partial charge on any atom is -0.483 e. The van der Waals surface area contributed by atoms with E-state index in [1.807, 2.05) is 6.92 Å². The molecular formula is C14H17NO2. The van der Waals surface area contributed by atoms with Gasteiger partial charge in [-0.15, -0.1) is 0 Å². The molecular weight excluding hydrogens is 214 g/mol. The lowest BCUT2D eigenvalue weighted by molar-refractivity contribution is 0.138. The topological polar surface area (TPSA) is 48.4 Å². The van der Waals surface area contributed by atoms with Gasteiger partial charge in [-0.1, -0.05) is 12.1 Å². The lowest BCUT2D eigenvalue weighted by Gasteiger charge is -2.16. The molecule has 1 aliphatic heterocycles. The molecule has 0 atom stereocenters. The number of nitrogens with two attached hydrogens (primary N) is 1. The lowest BCUT2D eigenvalue weighted by Crippen LogP contribution is -2.24. The van der Waals surface area contributed by atoms with Gasteiger partial charge in [0.1, 0.15) is 11.4 Å². The van der Waals surface area contributed by atoms with Gasteiger partial charge in [-0.3, -0.25) is 0 Å². The Balaban J connectivity index is 2.28. The quantitative estimate of drug-likeness (QED) is 0.821. The number of furan rings is 1. The van der Waals surface area contributed by atoms with E-state index in [9.17, 15) is 0 Å². The van der Waals surface area contributed by atoms with Crippen LogP contribution in [0.15, 0.2) is 16.5 Å². The summed E-state index contributed by atoms with van der Waals surface area (Å²) in [5, 5.41) is 1.11. The zero-order valence-corrected chi connectivity index (χ0v) is 10.5. The van der Waals surface area contributed by atoms with Crippen molar-refractivity contribution in [1.82, 2.24) is 0 Å². The molecule has 0 fully saturated rings. The Kier molecular flexibility index (Phi) is 2.05. The summed E-state index contributed by atoms with van der Waals surface area (Å²) in [7, 11) is 0. The number of hydrogen-bond acceptors (Lipinski definition) is 3. The van der Waals surface area contributed by atoms with E-state index in [1.54, 1.807) is 0 Å². The third-order valence-electron chi connectivity index (χ3n) is 3.42. The molecule has 0 spiro atoms. The van der Waals surface area contributed by atoms with E-state index >= 15 is 0 Å². The summed E-state index contributed by atoms with van der Waals surface area (Å²) in [5.41, 5.74) is 8.74. The van der Waals surface area contributed by atoms with Gasteiger partial charge in [-0.25, -0.2) is 0 Å². The molecule has 1 aromatic heterocycles. The van der Waals surface area contributed by atoms with Crippen molar-refractivity contribution < 1.29 is 9.15 Å². The maximum atomic E-state index is 5.99. The minimum absolute atomic E-state index is 0.139. The van der Waals surface area contributed by atoms with Gasteiger partial charge in [0.25, 0.3) is 0 Å². The molecule has 3 rings (SSSR count). The van der Waals surface area contributed by atoms with Crippen molar-refractivity contribution in [2.24, 2.45) is 5.73 Å². The third kappa shape index (κ3) is 1.46. The van der Waals surface area contributed by atoms with Crippen molar-refractivity contribution in [3.05, 3.63) is 29.0 Å². The molecule has 0 bridgehead atoms. The predicted molar refractivity (Wildman–Crippen MR) is 67.3 cm³/mol. The molecule has 2 aromatic rings. The maximum absolute atomic E-state index is 5.99. The molecule has 0 amide bonds. The smallest absolute Gasteiger partial charge is 0.176 e. The Hall–Kier alpha value is -1.48. The second kappa shape index (κ2) is 3.26. The van der Waals surface area contributed by atoms with Gasteiger partial charge in [0.2, 0.25) is 0 Å². The summed E-state index contributed by atoms with van der Waals surface area (Å²) in [6, 6.07) is 4.24. The number of rotatable bonds is 1. The molecule has 0 saturated carbocycles. The van der Waals surface area contributed by atoms with Crippen LogP contribution in [-0.4, -0.2) is 5.60 Å². The zero-order valence-electron chi connectivity index (χ0n) is 10.5. The molecule has 17 heavy (non-hydrogen) atoms. The summed E-state index contributed by atoms with van der Waals surface area (Å²) in [6.07, 6.45) is 0.927. The van der Waals surface area contributed by atoms with E-state index in [2.05, 4.69) is 26.0 Å². The zero-order chi connectivity index (χ0) is 12.2. The van der Waals surface area contributed by atoms with Crippen LogP contribution in [0, 0.1) is 6.92 Å². The molecule has 1 aliphatic rings. The molecule has 2 N–H and O–H groups in total. The number of fused-ring (bicyclic) bond motifs is 3. The first kappa shape index (κ1) is 10.7. The molecule has 3 heteroatoms. The van der Waals surface area contributed by atoms with Crippen LogP contribution < -0.4 is 10.5 Å². The van der Waals surface area contributed by atoms with E-state index in [4.69, 9.17) is 14.9 Å². The highest BCUT2D eigenvalue weighted by molar-refractivity contribution is 5.88. The summed E-state index contributed by atoms with van der Waals surface area (Å²) in [6.45, 7) is 6.66. The molecule has 0 radical (unpaired) electrons. The van der Waals surface area contributed by atoms with E-state index in [0.717, 1.165) is 34.5 Å². The molecule has 0 saturated heterocycles. The summed E-state index contributed by atoms with van der Waals surface area (Å²) in [5.74, 6) is 1.75. The first-order valence-corrected chi connectivity index (χ1v) is 5.95. The molecule has 3 nitrogen and oxygen atoms in total. The minimum atomic E-state index is -0.139. The summed E-state index contributed by atoms with van der Waals surface area (Å²) < 4.78 is 11.8. The van der Waals surface area contributed by atoms with Gasteiger partial charge < -0.3 is 14.9 Å². The first-order chi connectivity index (χ1) is 8.02. The Labute approximate surface area is 101 Å². The van der Waals surface area contributed by atoms with Crippen molar-refractivity contribution >= 4 is 11.0 Å². The van der Waals surface area contributed by atoms with Crippen molar-refractivity contribution in [2.75, 3.05) is 0 Å². The van der Waals surface area contributed by atoms with E-state index in [0.29, 0.717) is 6.54 Å². The lowest BCUT2D eigenvalue weighted by atomic mass is 10.0. The monoisotopic (exact) mass is 231 g/mol. The number of hydrogen-bond donors (Lipinski definition) is 1. The Morgan fingerprint density at radius 2 is 2.12 bits per heavy atom. The predicted octanol–water partition coefficient (Wildman–Crippen LogP) is 2.91. The second-order valence-corrected chi connectivity index (χ2v) is 5.32. The number of aryl methyl sites for hydroxylation is 1. The second-order valence-electron chi connectivity index (χ2n) is 5.32. The van der Waals surface area contributed by atoms with Gasteiger partial charge in [-0.05, 0) is 26.3 Å². The standard InChI is InChI=1S/C14H17NO2/c1-8-10-5-4-9-6-14(2,3)17-12(9)13(10)16-11(8)7-15/h4-5H,6-7,15H2,1-3H3. The largest absolute Gasteiger partial charge is 0.483 e. The van der Waals surface area contributed by atoms with Crippen LogP contribution in [0.25, 0.3) is 11.0 Å². The highest BCUT2D eigenvalue weighted by Gasteiger charge is 2.33. The fourth-order valence-corrected chi connectivity index (χ4v) is 2.57. The van der Waals surface area contributed by atoms with Crippen molar-refractivity contribution in [3.8, 4) is 5.75 Å². The highest BCUT2D eigenvalue weighted by Crippen LogP contribution is 2.42. The van der Waals surface area contributed by atoms with Crippen LogP contribution in [0.3, 0.4) is 0 Å². The summed E-state index contributed by atoms with van der Waals surface area (Å²) in [4.78, 5) is 0. The average molecular weight is 231 g/mol.